The SMILES string of the molecule is CCCCOc1nc(N)c2cc(C#N)n(Cc3ccc(CN4CCN(C)CC4)cc3)c2n1. The molecule has 0 unspecified atom stereocenters. The van der Waals surface area contributed by atoms with E-state index >= 15 is 0 Å². The first-order valence-corrected chi connectivity index (χ1v) is 11.3. The fraction of sp³-hybridized carbons (Fsp3) is 0.458. The fourth-order valence-electron chi connectivity index (χ4n) is 3.95. The van der Waals surface area contributed by atoms with Crippen molar-refractivity contribution in [2.75, 3.05) is 45.6 Å². The number of unbranched alkanes of at least 4 members (excludes halogenated alkanes) is 1. The third kappa shape index (κ3) is 5.01. The molecule has 0 saturated carbocycles. The Morgan fingerprint density at radius 3 is 2.41 bits per heavy atom. The number of piperazine rings is 1. The summed E-state index contributed by atoms with van der Waals surface area (Å²) >= 11 is 0. The molecule has 1 fully saturated rings. The van der Waals surface area contributed by atoms with Crippen molar-refractivity contribution >= 4 is 16.9 Å². The van der Waals surface area contributed by atoms with Crippen LogP contribution in [0.3, 0.4) is 0 Å². The Balaban J connectivity index is 1.53. The molecule has 8 nitrogen and oxygen atoms in total. The highest BCUT2D eigenvalue weighted by Gasteiger charge is 2.17. The van der Waals surface area contributed by atoms with Crippen LogP contribution in [0.2, 0.25) is 0 Å². The Hall–Kier alpha value is -3.15. The molecule has 32 heavy (non-hydrogen) atoms. The number of ether oxygens (including phenoxy) is 1. The van der Waals surface area contributed by atoms with E-state index in [1.54, 1.807) is 6.07 Å². The first kappa shape index (κ1) is 22.1. The lowest BCUT2D eigenvalue weighted by Crippen LogP contribution is -2.43. The highest BCUT2D eigenvalue weighted by Crippen LogP contribution is 2.26. The number of hydrogen-bond donors (Lipinski definition) is 1. The lowest BCUT2D eigenvalue weighted by atomic mass is 10.1. The number of nitrogens with zero attached hydrogens (tertiary/aromatic N) is 6. The quantitative estimate of drug-likeness (QED) is 0.546. The van der Waals surface area contributed by atoms with Gasteiger partial charge in [0.2, 0.25) is 0 Å². The van der Waals surface area contributed by atoms with Gasteiger partial charge in [-0.1, -0.05) is 37.6 Å². The first-order chi connectivity index (χ1) is 15.6. The van der Waals surface area contributed by atoms with Gasteiger partial charge in [0.15, 0.2) is 5.65 Å². The third-order valence-electron chi connectivity index (χ3n) is 5.97. The minimum Gasteiger partial charge on any atom is -0.463 e. The molecule has 0 aliphatic carbocycles. The van der Waals surface area contributed by atoms with Gasteiger partial charge in [0, 0.05) is 32.7 Å². The monoisotopic (exact) mass is 433 g/mol. The normalized spacial score (nSPS) is 15.2. The van der Waals surface area contributed by atoms with E-state index in [-0.39, 0.29) is 6.01 Å². The summed E-state index contributed by atoms with van der Waals surface area (Å²) in [5, 5.41) is 10.4. The van der Waals surface area contributed by atoms with Gasteiger partial charge in [-0.25, -0.2) is 0 Å². The molecule has 2 aromatic heterocycles. The van der Waals surface area contributed by atoms with E-state index in [1.807, 2.05) is 4.57 Å². The molecule has 8 heteroatoms. The van der Waals surface area contributed by atoms with Gasteiger partial charge in [0.25, 0.3) is 0 Å². The van der Waals surface area contributed by atoms with Crippen molar-refractivity contribution in [2.24, 2.45) is 0 Å². The van der Waals surface area contributed by atoms with Gasteiger partial charge in [-0.2, -0.15) is 15.2 Å². The van der Waals surface area contributed by atoms with Crippen LogP contribution >= 0.6 is 0 Å². The minimum absolute atomic E-state index is 0.259. The molecule has 2 N–H and O–H groups in total. The summed E-state index contributed by atoms with van der Waals surface area (Å²) in [5.74, 6) is 0.333. The highest BCUT2D eigenvalue weighted by molar-refractivity contribution is 5.88. The first-order valence-electron chi connectivity index (χ1n) is 11.3. The van der Waals surface area contributed by atoms with E-state index in [9.17, 15) is 5.26 Å². The Kier molecular flexibility index (Phi) is 6.88. The fourth-order valence-corrected chi connectivity index (χ4v) is 3.95. The molecule has 3 heterocycles. The summed E-state index contributed by atoms with van der Waals surface area (Å²) in [6, 6.07) is 12.9. The van der Waals surface area contributed by atoms with Gasteiger partial charge >= 0.3 is 6.01 Å². The lowest BCUT2D eigenvalue weighted by Gasteiger charge is -2.32. The largest absolute Gasteiger partial charge is 0.463 e. The predicted molar refractivity (Wildman–Crippen MR) is 125 cm³/mol. The minimum atomic E-state index is 0.259. The zero-order chi connectivity index (χ0) is 22.5. The lowest BCUT2D eigenvalue weighted by molar-refractivity contribution is 0.148. The zero-order valence-corrected chi connectivity index (χ0v) is 18.9. The summed E-state index contributed by atoms with van der Waals surface area (Å²) in [6.07, 6.45) is 1.95. The summed E-state index contributed by atoms with van der Waals surface area (Å²) in [4.78, 5) is 13.7. The second-order valence-electron chi connectivity index (χ2n) is 8.45. The van der Waals surface area contributed by atoms with Crippen LogP contribution in [0, 0.1) is 11.3 Å². The molecule has 168 valence electrons. The van der Waals surface area contributed by atoms with Crippen molar-refractivity contribution in [1.82, 2.24) is 24.3 Å². The summed E-state index contributed by atoms with van der Waals surface area (Å²) in [7, 11) is 2.17. The number of fused-ring (bicyclic) bond motifs is 1. The van der Waals surface area contributed by atoms with Crippen LogP contribution < -0.4 is 10.5 Å². The van der Waals surface area contributed by atoms with E-state index in [1.165, 1.54) is 5.56 Å². The van der Waals surface area contributed by atoms with Gasteiger partial charge in [0.1, 0.15) is 17.6 Å². The van der Waals surface area contributed by atoms with Gasteiger partial charge in [-0.15, -0.1) is 0 Å². The van der Waals surface area contributed by atoms with Crippen LogP contribution in [0.1, 0.15) is 36.6 Å². The highest BCUT2D eigenvalue weighted by atomic mass is 16.5. The van der Waals surface area contributed by atoms with E-state index in [2.05, 4.69) is 64.1 Å². The Morgan fingerprint density at radius 1 is 1.06 bits per heavy atom. The molecular formula is C24H31N7O. The molecule has 1 aliphatic rings. The van der Waals surface area contributed by atoms with Crippen LogP contribution in [0.5, 0.6) is 6.01 Å². The molecule has 3 aromatic rings. The summed E-state index contributed by atoms with van der Waals surface area (Å²) in [5.41, 5.74) is 9.69. The smallest absolute Gasteiger partial charge is 0.320 e. The second-order valence-corrected chi connectivity index (χ2v) is 8.45. The van der Waals surface area contributed by atoms with Gasteiger partial charge in [-0.3, -0.25) is 4.90 Å². The summed E-state index contributed by atoms with van der Waals surface area (Å²) < 4.78 is 7.56. The zero-order valence-electron chi connectivity index (χ0n) is 18.9. The number of benzene rings is 1. The number of hydrogen-bond acceptors (Lipinski definition) is 7. The maximum Gasteiger partial charge on any atom is 0.320 e. The molecule has 0 radical (unpaired) electrons. The number of nitriles is 1. The molecule has 0 spiro atoms. The van der Waals surface area contributed by atoms with Crippen molar-refractivity contribution in [3.63, 3.8) is 0 Å². The summed E-state index contributed by atoms with van der Waals surface area (Å²) in [6.45, 7) is 8.57. The number of aromatic nitrogens is 3. The maximum atomic E-state index is 9.68. The molecule has 1 aliphatic heterocycles. The molecule has 0 amide bonds. The van der Waals surface area contributed by atoms with E-state index in [0.29, 0.717) is 35.7 Å². The predicted octanol–water partition coefficient (Wildman–Crippen LogP) is 2.86. The average Bonchev–Trinajstić information content (AvgIpc) is 3.15. The third-order valence-corrected chi connectivity index (χ3v) is 5.97. The van der Waals surface area contributed by atoms with Crippen LogP contribution in [0.4, 0.5) is 5.82 Å². The van der Waals surface area contributed by atoms with Crippen LogP contribution in [0.15, 0.2) is 30.3 Å². The molecule has 0 bridgehead atoms. The molecular weight excluding hydrogens is 402 g/mol. The van der Waals surface area contributed by atoms with Gasteiger partial charge in [-0.05, 0) is 30.7 Å². The Labute approximate surface area is 189 Å². The van der Waals surface area contributed by atoms with E-state index < -0.39 is 0 Å². The maximum absolute atomic E-state index is 9.68. The number of likely N-dealkylation sites (N-methyl/N-ethyl adjacent to an activating group) is 1. The molecule has 0 atom stereocenters. The second kappa shape index (κ2) is 9.98. The van der Waals surface area contributed by atoms with Crippen molar-refractivity contribution in [3.05, 3.63) is 47.2 Å². The van der Waals surface area contributed by atoms with E-state index in [0.717, 1.165) is 51.1 Å². The van der Waals surface area contributed by atoms with Crippen LogP contribution in [-0.4, -0.2) is 64.2 Å². The standard InChI is InChI=1S/C24H31N7O/c1-3-4-13-32-24-27-22(26)21-14-20(15-25)31(23(21)28-24)17-19-7-5-18(6-8-19)16-30-11-9-29(2)10-12-30/h5-8,14H,3-4,9-13,16-17H2,1-2H3,(H2,26,27,28). The van der Waals surface area contributed by atoms with Crippen molar-refractivity contribution < 1.29 is 4.74 Å². The van der Waals surface area contributed by atoms with Crippen LogP contribution in [-0.2, 0) is 13.1 Å². The molecule has 4 rings (SSSR count). The van der Waals surface area contributed by atoms with Crippen LogP contribution in [0.25, 0.3) is 11.0 Å². The number of nitrogens with two attached hydrogens (primary N) is 1. The number of rotatable bonds is 8. The number of anilines is 1. The molecule has 1 saturated heterocycles. The van der Waals surface area contributed by atoms with Gasteiger partial charge < -0.3 is 19.9 Å². The number of nitrogen functional groups attached to an aromatic ring is 1. The van der Waals surface area contributed by atoms with E-state index in [4.69, 9.17) is 10.5 Å². The Morgan fingerprint density at radius 2 is 1.75 bits per heavy atom. The van der Waals surface area contributed by atoms with Crippen molar-refractivity contribution in [3.8, 4) is 12.1 Å². The van der Waals surface area contributed by atoms with Crippen molar-refractivity contribution in [2.45, 2.75) is 32.9 Å². The Bertz CT molecular complexity index is 1090. The topological polar surface area (TPSA) is 96.2 Å². The van der Waals surface area contributed by atoms with Crippen molar-refractivity contribution in [1.29, 1.82) is 5.26 Å². The van der Waals surface area contributed by atoms with Gasteiger partial charge in [0.05, 0.1) is 18.5 Å². The average molecular weight is 434 g/mol. The molecule has 1 aromatic carbocycles.